The predicted molar refractivity (Wildman–Crippen MR) is 110 cm³/mol. The molecule has 6 nitrogen and oxygen atoms in total. The second kappa shape index (κ2) is 9.43. The number of benzene rings is 2. The third-order valence-corrected chi connectivity index (χ3v) is 6.99. The molecule has 0 aliphatic heterocycles. The fourth-order valence-electron chi connectivity index (χ4n) is 2.78. The number of hydrogen-bond donors (Lipinski definition) is 0. The van der Waals surface area contributed by atoms with E-state index in [4.69, 9.17) is 4.74 Å². The molecule has 0 bridgehead atoms. The molecule has 0 spiro atoms. The van der Waals surface area contributed by atoms with Gasteiger partial charge in [-0.25, -0.2) is 12.8 Å². The van der Waals surface area contributed by atoms with Crippen LogP contribution in [0.3, 0.4) is 0 Å². The number of halogens is 1. The van der Waals surface area contributed by atoms with Crippen LogP contribution in [0.1, 0.15) is 13.3 Å². The van der Waals surface area contributed by atoms with Gasteiger partial charge < -0.3 is 9.30 Å². The quantitative estimate of drug-likeness (QED) is 0.508. The number of carbonyl (C=O) groups is 1. The molecule has 3 aromatic rings. The topological polar surface area (TPSA) is 77.7 Å². The average Bonchev–Trinajstić information content (AvgIpc) is 3.03. The fraction of sp³-hybridized carbons (Fsp3) is 0.300. The number of aromatic nitrogens is 1. The molecule has 29 heavy (non-hydrogen) atoms. The van der Waals surface area contributed by atoms with Crippen LogP contribution in [-0.2, 0) is 25.9 Å². The Morgan fingerprint density at radius 3 is 2.69 bits per heavy atom. The lowest BCUT2D eigenvalue weighted by Gasteiger charge is -2.05. The number of thiazole rings is 1. The Balaban J connectivity index is 1.84. The molecule has 0 N–H and O–H groups in total. The van der Waals surface area contributed by atoms with Gasteiger partial charge in [0.2, 0.25) is 5.91 Å². The van der Waals surface area contributed by atoms with E-state index in [0.29, 0.717) is 29.3 Å². The second-order valence-corrected chi connectivity index (χ2v) is 9.35. The van der Waals surface area contributed by atoms with Gasteiger partial charge in [-0.15, -0.1) is 0 Å². The highest BCUT2D eigenvalue weighted by Crippen LogP contribution is 2.19. The first-order valence-electron chi connectivity index (χ1n) is 9.12. The van der Waals surface area contributed by atoms with Crippen LogP contribution in [-0.4, -0.2) is 37.9 Å². The number of fused-ring (bicyclic) bond motifs is 1. The van der Waals surface area contributed by atoms with Crippen LogP contribution in [0.2, 0.25) is 0 Å². The van der Waals surface area contributed by atoms with Gasteiger partial charge in [-0.3, -0.25) is 4.79 Å². The van der Waals surface area contributed by atoms with Crippen molar-refractivity contribution in [3.05, 3.63) is 59.1 Å². The van der Waals surface area contributed by atoms with Gasteiger partial charge in [0.1, 0.15) is 5.82 Å². The number of sulfone groups is 1. The predicted octanol–water partition coefficient (Wildman–Crippen LogP) is 3.17. The van der Waals surface area contributed by atoms with Crippen molar-refractivity contribution < 1.29 is 22.3 Å². The molecule has 3 rings (SSSR count). The molecule has 2 aromatic carbocycles. The van der Waals surface area contributed by atoms with E-state index in [1.165, 1.54) is 35.6 Å². The van der Waals surface area contributed by atoms with E-state index in [9.17, 15) is 17.6 Å². The Morgan fingerprint density at radius 1 is 1.21 bits per heavy atom. The summed E-state index contributed by atoms with van der Waals surface area (Å²) in [6, 6.07) is 12.4. The van der Waals surface area contributed by atoms with Crippen LogP contribution in [0.5, 0.6) is 0 Å². The summed E-state index contributed by atoms with van der Waals surface area (Å²) in [5, 5.41) is 0. The number of hydrogen-bond acceptors (Lipinski definition) is 5. The van der Waals surface area contributed by atoms with Crippen molar-refractivity contribution in [2.24, 2.45) is 4.99 Å². The molecule has 0 atom stereocenters. The lowest BCUT2D eigenvalue weighted by Crippen LogP contribution is -2.20. The van der Waals surface area contributed by atoms with Crippen LogP contribution in [0.25, 0.3) is 10.2 Å². The van der Waals surface area contributed by atoms with Gasteiger partial charge in [-0.05, 0) is 37.3 Å². The zero-order valence-electron chi connectivity index (χ0n) is 15.9. The largest absolute Gasteiger partial charge is 0.380 e. The molecule has 154 valence electrons. The average molecular weight is 437 g/mol. The SMILES string of the molecule is CCOCCn1c(=NC(=O)CCS(=O)(=O)c2ccccc2)sc2cc(F)ccc21. The summed E-state index contributed by atoms with van der Waals surface area (Å²) in [5.74, 6) is -1.23. The molecule has 0 aliphatic carbocycles. The molecule has 9 heteroatoms. The van der Waals surface area contributed by atoms with Crippen molar-refractivity contribution >= 4 is 37.3 Å². The van der Waals surface area contributed by atoms with Crippen LogP contribution in [0.15, 0.2) is 58.4 Å². The number of rotatable bonds is 8. The lowest BCUT2D eigenvalue weighted by molar-refractivity contribution is -0.117. The normalized spacial score (nSPS) is 12.6. The van der Waals surface area contributed by atoms with E-state index in [2.05, 4.69) is 4.99 Å². The molecule has 1 aromatic heterocycles. The van der Waals surface area contributed by atoms with Crippen molar-refractivity contribution in [2.75, 3.05) is 19.0 Å². The first-order valence-corrected chi connectivity index (χ1v) is 11.6. The zero-order valence-corrected chi connectivity index (χ0v) is 17.5. The standard InChI is InChI=1S/C20H21FN2O4S2/c1-2-27-12-11-23-17-9-8-15(21)14-18(17)28-20(23)22-19(24)10-13-29(25,26)16-6-4-3-5-7-16/h3-9,14H,2,10-13H2,1H3. The lowest BCUT2D eigenvalue weighted by atomic mass is 10.3. The summed E-state index contributed by atoms with van der Waals surface area (Å²) in [5.41, 5.74) is 0.750. The minimum atomic E-state index is -3.56. The van der Waals surface area contributed by atoms with Gasteiger partial charge in [-0.2, -0.15) is 4.99 Å². The van der Waals surface area contributed by atoms with Gasteiger partial charge >= 0.3 is 0 Å². The van der Waals surface area contributed by atoms with Crippen molar-refractivity contribution in [1.29, 1.82) is 0 Å². The van der Waals surface area contributed by atoms with Crippen LogP contribution in [0, 0.1) is 5.82 Å². The van der Waals surface area contributed by atoms with E-state index < -0.39 is 15.7 Å². The van der Waals surface area contributed by atoms with Crippen LogP contribution < -0.4 is 4.80 Å². The molecule has 0 unspecified atom stereocenters. The molecule has 0 saturated carbocycles. The van der Waals surface area contributed by atoms with Crippen LogP contribution >= 0.6 is 11.3 Å². The number of nitrogens with zero attached hydrogens (tertiary/aromatic N) is 2. The van der Waals surface area contributed by atoms with Crippen molar-refractivity contribution in [1.82, 2.24) is 4.57 Å². The van der Waals surface area contributed by atoms with E-state index >= 15 is 0 Å². The zero-order chi connectivity index (χ0) is 20.9. The minimum Gasteiger partial charge on any atom is -0.380 e. The number of amides is 1. The minimum absolute atomic E-state index is 0.178. The molecular weight excluding hydrogens is 415 g/mol. The summed E-state index contributed by atoms with van der Waals surface area (Å²) in [7, 11) is -3.56. The Hall–Kier alpha value is -2.36. The Labute approximate surface area is 172 Å². The highest BCUT2D eigenvalue weighted by atomic mass is 32.2. The summed E-state index contributed by atoms with van der Waals surface area (Å²) in [6.07, 6.45) is -0.231. The molecule has 1 heterocycles. The highest BCUT2D eigenvalue weighted by molar-refractivity contribution is 7.91. The van der Waals surface area contributed by atoms with Gasteiger partial charge in [0.25, 0.3) is 0 Å². The van der Waals surface area contributed by atoms with Gasteiger partial charge in [-0.1, -0.05) is 29.5 Å². The van der Waals surface area contributed by atoms with E-state index in [0.717, 1.165) is 5.52 Å². The third-order valence-electron chi connectivity index (χ3n) is 4.22. The monoisotopic (exact) mass is 436 g/mol. The Morgan fingerprint density at radius 2 is 1.97 bits per heavy atom. The fourth-order valence-corrected chi connectivity index (χ4v) is 5.13. The summed E-state index contributed by atoms with van der Waals surface area (Å²) < 4.78 is 46.1. The maximum Gasteiger partial charge on any atom is 0.249 e. The molecular formula is C20H21FN2O4S2. The summed E-state index contributed by atoms with van der Waals surface area (Å²) in [6.45, 7) is 3.31. The summed E-state index contributed by atoms with van der Waals surface area (Å²) >= 11 is 1.18. The number of carbonyl (C=O) groups excluding carboxylic acids is 1. The molecule has 0 radical (unpaired) electrons. The van der Waals surface area contributed by atoms with Crippen molar-refractivity contribution in [3.63, 3.8) is 0 Å². The molecule has 0 fully saturated rings. The van der Waals surface area contributed by atoms with Crippen LogP contribution in [0.4, 0.5) is 4.39 Å². The van der Waals surface area contributed by atoms with Gasteiger partial charge in [0.05, 0.1) is 27.5 Å². The first-order chi connectivity index (χ1) is 13.9. The van der Waals surface area contributed by atoms with Gasteiger partial charge in [0.15, 0.2) is 14.6 Å². The Bertz CT molecular complexity index is 1170. The maximum absolute atomic E-state index is 13.6. The molecule has 1 amide bonds. The van der Waals surface area contributed by atoms with E-state index in [-0.39, 0.29) is 22.9 Å². The Kier molecular flexibility index (Phi) is 6.94. The maximum atomic E-state index is 13.6. The molecule has 0 aliphatic rings. The second-order valence-electron chi connectivity index (χ2n) is 6.23. The number of ether oxygens (including phenoxy) is 1. The highest BCUT2D eigenvalue weighted by Gasteiger charge is 2.16. The summed E-state index contributed by atoms with van der Waals surface area (Å²) in [4.78, 5) is 17.0. The van der Waals surface area contributed by atoms with Crippen molar-refractivity contribution in [3.8, 4) is 0 Å². The third kappa shape index (κ3) is 5.37. The van der Waals surface area contributed by atoms with Gasteiger partial charge in [0, 0.05) is 19.6 Å². The molecule has 0 saturated heterocycles. The van der Waals surface area contributed by atoms with E-state index in [1.807, 2.05) is 6.92 Å². The van der Waals surface area contributed by atoms with E-state index in [1.54, 1.807) is 28.8 Å². The van der Waals surface area contributed by atoms with Crippen molar-refractivity contribution in [2.45, 2.75) is 24.8 Å². The smallest absolute Gasteiger partial charge is 0.249 e. The first kappa shape index (κ1) is 21.4.